The first kappa shape index (κ1) is 28.0. The molecule has 0 spiro atoms. The Morgan fingerprint density at radius 2 is 1.95 bits per heavy atom. The first-order chi connectivity index (χ1) is 18.3. The van der Waals surface area contributed by atoms with Gasteiger partial charge in [-0.3, -0.25) is 19.5 Å². The molecule has 2 aromatic rings. The van der Waals surface area contributed by atoms with Gasteiger partial charge in [-0.15, -0.1) is 0 Å². The highest BCUT2D eigenvalue weighted by atomic mass is 16.5. The molecule has 1 aliphatic heterocycles. The lowest BCUT2D eigenvalue weighted by Crippen LogP contribution is -2.47. The summed E-state index contributed by atoms with van der Waals surface area (Å²) >= 11 is 0. The highest BCUT2D eigenvalue weighted by Crippen LogP contribution is 2.30. The van der Waals surface area contributed by atoms with Gasteiger partial charge in [-0.05, 0) is 62.7 Å². The summed E-state index contributed by atoms with van der Waals surface area (Å²) in [6.45, 7) is 5.78. The number of nitrogens with zero attached hydrogens (tertiary/aromatic N) is 3. The number of amides is 2. The van der Waals surface area contributed by atoms with Crippen LogP contribution in [0.5, 0.6) is 5.75 Å². The second kappa shape index (κ2) is 13.2. The van der Waals surface area contributed by atoms with Gasteiger partial charge in [0.05, 0.1) is 19.1 Å². The lowest BCUT2D eigenvalue weighted by molar-refractivity contribution is -0.134. The van der Waals surface area contributed by atoms with Gasteiger partial charge in [-0.2, -0.15) is 0 Å². The van der Waals surface area contributed by atoms with Crippen LogP contribution < -0.4 is 10.1 Å². The largest absolute Gasteiger partial charge is 0.488 e. The second-order valence-corrected chi connectivity index (χ2v) is 11.1. The van der Waals surface area contributed by atoms with Gasteiger partial charge in [0.15, 0.2) is 0 Å². The minimum atomic E-state index is -0.295. The molecule has 2 heterocycles. The van der Waals surface area contributed by atoms with Crippen LogP contribution in [0.3, 0.4) is 0 Å². The van der Waals surface area contributed by atoms with Crippen molar-refractivity contribution in [3.05, 3.63) is 53.9 Å². The van der Waals surface area contributed by atoms with E-state index in [0.29, 0.717) is 24.5 Å². The molecule has 0 radical (unpaired) electrons. The van der Waals surface area contributed by atoms with Gasteiger partial charge >= 0.3 is 0 Å². The topological polar surface area (TPSA) is 95.0 Å². The Hall–Kier alpha value is -2.97. The minimum absolute atomic E-state index is 0.0319. The van der Waals surface area contributed by atoms with E-state index < -0.39 is 0 Å². The molecule has 4 rings (SSSR count). The maximum Gasteiger partial charge on any atom is 0.227 e. The number of likely N-dealkylation sites (N-methyl/N-ethyl adjacent to an activating group) is 1. The van der Waals surface area contributed by atoms with E-state index in [0.717, 1.165) is 37.8 Å². The zero-order valence-corrected chi connectivity index (χ0v) is 22.9. The first-order valence-corrected chi connectivity index (χ1v) is 13.9. The number of carbonyl (C=O) groups excluding carboxylic acids is 2. The van der Waals surface area contributed by atoms with E-state index in [2.05, 4.69) is 29.2 Å². The van der Waals surface area contributed by atoms with Crippen molar-refractivity contribution in [1.82, 2.24) is 14.8 Å². The maximum absolute atomic E-state index is 13.4. The van der Waals surface area contributed by atoms with E-state index in [4.69, 9.17) is 4.74 Å². The second-order valence-electron chi connectivity index (χ2n) is 11.1. The Labute approximate surface area is 226 Å². The van der Waals surface area contributed by atoms with E-state index in [1.165, 1.54) is 12.0 Å². The first-order valence-electron chi connectivity index (χ1n) is 13.9. The molecule has 8 heteroatoms. The van der Waals surface area contributed by atoms with Gasteiger partial charge in [0.2, 0.25) is 11.8 Å². The summed E-state index contributed by atoms with van der Waals surface area (Å²) in [6.07, 6.45) is 8.81. The fourth-order valence-electron chi connectivity index (χ4n) is 5.51. The molecule has 0 unspecified atom stereocenters. The van der Waals surface area contributed by atoms with Crippen molar-refractivity contribution in [2.45, 2.75) is 71.1 Å². The monoisotopic (exact) mass is 522 g/mol. The normalized spacial score (nSPS) is 21.6. The lowest BCUT2D eigenvalue weighted by atomic mass is 9.88. The van der Waals surface area contributed by atoms with Crippen LogP contribution in [-0.2, 0) is 22.6 Å². The summed E-state index contributed by atoms with van der Waals surface area (Å²) in [5, 5.41) is 13.0. The molecule has 1 aromatic carbocycles. The Kier molecular flexibility index (Phi) is 9.74. The smallest absolute Gasteiger partial charge is 0.227 e. The molecule has 2 amide bonds. The Morgan fingerprint density at radius 3 is 2.66 bits per heavy atom. The van der Waals surface area contributed by atoms with Crippen LogP contribution in [0.25, 0.3) is 0 Å². The van der Waals surface area contributed by atoms with Crippen LogP contribution in [0.4, 0.5) is 5.69 Å². The molecule has 206 valence electrons. The SMILES string of the molecule is C[C@H]1CN([C@@H](C)CO)C(=O)Cc2cc(NC(=O)C3CCCCC3)ccc2O[C@@H]1CN(C)Cc1ccncc1. The molecule has 1 aliphatic carbocycles. The zero-order chi connectivity index (χ0) is 27.1. The number of aliphatic hydroxyl groups is 1. The summed E-state index contributed by atoms with van der Waals surface area (Å²) in [4.78, 5) is 34.4. The van der Waals surface area contributed by atoms with Gasteiger partial charge in [-0.25, -0.2) is 0 Å². The number of pyridine rings is 1. The quantitative estimate of drug-likeness (QED) is 0.546. The van der Waals surface area contributed by atoms with Gasteiger partial charge in [-0.1, -0.05) is 26.2 Å². The predicted octanol–water partition coefficient (Wildman–Crippen LogP) is 3.88. The molecule has 2 N–H and O–H groups in total. The maximum atomic E-state index is 13.4. The molecule has 1 aromatic heterocycles. The summed E-state index contributed by atoms with van der Waals surface area (Å²) < 4.78 is 6.62. The van der Waals surface area contributed by atoms with Crippen LogP contribution in [0, 0.1) is 11.8 Å². The molecule has 38 heavy (non-hydrogen) atoms. The number of anilines is 1. The standard InChI is InChI=1S/C30H42N4O4/c1-21-17-34(22(2)20-35)29(36)16-25-15-26(32-30(37)24-7-5-4-6-8-24)9-10-27(25)38-28(21)19-33(3)18-23-11-13-31-14-12-23/h9-15,21-22,24,28,35H,4-8,16-20H2,1-3H3,(H,32,37)/t21-,22-,28+/m0/s1. The number of aliphatic hydroxyl groups excluding tert-OH is 1. The predicted molar refractivity (Wildman–Crippen MR) is 148 cm³/mol. The molecular weight excluding hydrogens is 480 g/mol. The highest BCUT2D eigenvalue weighted by Gasteiger charge is 2.31. The van der Waals surface area contributed by atoms with Crippen molar-refractivity contribution in [2.75, 3.05) is 32.1 Å². The molecule has 8 nitrogen and oxygen atoms in total. The number of ether oxygens (including phenoxy) is 1. The lowest BCUT2D eigenvalue weighted by Gasteiger charge is -2.34. The van der Waals surface area contributed by atoms with Crippen LogP contribution in [0.2, 0.25) is 0 Å². The van der Waals surface area contributed by atoms with Crippen LogP contribution >= 0.6 is 0 Å². The van der Waals surface area contributed by atoms with E-state index >= 15 is 0 Å². The van der Waals surface area contributed by atoms with Crippen LogP contribution in [-0.4, -0.2) is 70.6 Å². The van der Waals surface area contributed by atoms with Crippen molar-refractivity contribution in [3.63, 3.8) is 0 Å². The van der Waals surface area contributed by atoms with Crippen LogP contribution in [0.15, 0.2) is 42.7 Å². The Bertz CT molecular complexity index is 1070. The molecule has 0 bridgehead atoms. The van der Waals surface area contributed by atoms with E-state index in [9.17, 15) is 14.7 Å². The highest BCUT2D eigenvalue weighted by molar-refractivity contribution is 5.93. The van der Waals surface area contributed by atoms with Crippen molar-refractivity contribution in [2.24, 2.45) is 11.8 Å². The van der Waals surface area contributed by atoms with Gasteiger partial charge in [0, 0.05) is 55.1 Å². The summed E-state index contributed by atoms with van der Waals surface area (Å²) in [5.41, 5.74) is 2.61. The third-order valence-corrected chi connectivity index (χ3v) is 7.85. The average Bonchev–Trinajstić information content (AvgIpc) is 2.97. The summed E-state index contributed by atoms with van der Waals surface area (Å²) in [7, 11) is 2.06. The number of hydrogen-bond acceptors (Lipinski definition) is 6. The summed E-state index contributed by atoms with van der Waals surface area (Å²) in [6, 6.07) is 9.35. The number of aromatic nitrogens is 1. The number of nitrogens with one attached hydrogen (secondary N) is 1. The van der Waals surface area contributed by atoms with Crippen molar-refractivity contribution in [1.29, 1.82) is 0 Å². The minimum Gasteiger partial charge on any atom is -0.488 e. The number of hydrogen-bond donors (Lipinski definition) is 2. The molecular formula is C30H42N4O4. The average molecular weight is 523 g/mol. The van der Waals surface area contributed by atoms with Gasteiger partial charge in [0.1, 0.15) is 11.9 Å². The van der Waals surface area contributed by atoms with E-state index in [1.807, 2.05) is 37.3 Å². The van der Waals surface area contributed by atoms with E-state index in [-0.39, 0.29) is 48.8 Å². The van der Waals surface area contributed by atoms with Crippen molar-refractivity contribution < 1.29 is 19.4 Å². The summed E-state index contributed by atoms with van der Waals surface area (Å²) in [5.74, 6) is 0.754. The zero-order valence-electron chi connectivity index (χ0n) is 22.9. The third kappa shape index (κ3) is 7.32. The number of fused-ring (bicyclic) bond motifs is 1. The van der Waals surface area contributed by atoms with Gasteiger partial charge < -0.3 is 20.1 Å². The van der Waals surface area contributed by atoms with Crippen LogP contribution in [0.1, 0.15) is 57.1 Å². The number of rotatable bonds is 8. The molecule has 0 saturated heterocycles. The van der Waals surface area contributed by atoms with E-state index in [1.54, 1.807) is 17.3 Å². The Morgan fingerprint density at radius 1 is 1.21 bits per heavy atom. The molecule has 2 aliphatic rings. The Balaban J connectivity index is 1.57. The number of benzene rings is 1. The number of carbonyl (C=O) groups is 2. The fourth-order valence-corrected chi connectivity index (χ4v) is 5.51. The molecule has 3 atom stereocenters. The fraction of sp³-hybridized carbons (Fsp3) is 0.567. The molecule has 1 fully saturated rings. The van der Waals surface area contributed by atoms with Gasteiger partial charge in [0.25, 0.3) is 0 Å². The van der Waals surface area contributed by atoms with Crippen molar-refractivity contribution >= 4 is 17.5 Å². The van der Waals surface area contributed by atoms with Crippen molar-refractivity contribution in [3.8, 4) is 5.75 Å². The third-order valence-electron chi connectivity index (χ3n) is 7.85. The molecule has 1 saturated carbocycles.